The first-order chi connectivity index (χ1) is 8.25. The van der Waals surface area contributed by atoms with Gasteiger partial charge in [-0.25, -0.2) is 0 Å². The second-order valence-electron chi connectivity index (χ2n) is 4.31. The van der Waals surface area contributed by atoms with Crippen LogP contribution in [0.1, 0.15) is 12.8 Å². The predicted molar refractivity (Wildman–Crippen MR) is 69.6 cm³/mol. The highest BCUT2D eigenvalue weighted by atomic mass is 32.2. The number of hydrogen-bond acceptors (Lipinski definition) is 3. The molecule has 1 aliphatic heterocycles. The Hall–Kier alpha value is -0.940. The van der Waals surface area contributed by atoms with E-state index in [1.165, 1.54) is 0 Å². The molecule has 1 aliphatic rings. The van der Waals surface area contributed by atoms with E-state index in [4.69, 9.17) is 0 Å². The van der Waals surface area contributed by atoms with Gasteiger partial charge in [0.2, 0.25) is 0 Å². The fourth-order valence-corrected chi connectivity index (χ4v) is 3.33. The largest absolute Gasteiger partial charge is 0.314 e. The predicted octanol–water partition coefficient (Wildman–Crippen LogP) is 0.349. The van der Waals surface area contributed by atoms with E-state index in [1.54, 1.807) is 22.9 Å². The van der Waals surface area contributed by atoms with Crippen LogP contribution in [0.5, 0.6) is 0 Å². The SMILES string of the molecule is O=c1ccccn1CCNC1CCS(=O)CC1. The number of pyridine rings is 1. The zero-order chi connectivity index (χ0) is 12.1. The van der Waals surface area contributed by atoms with Crippen molar-refractivity contribution in [2.45, 2.75) is 25.4 Å². The molecule has 0 atom stereocenters. The summed E-state index contributed by atoms with van der Waals surface area (Å²) >= 11 is 0. The molecule has 1 N–H and O–H groups in total. The maximum atomic E-state index is 11.4. The van der Waals surface area contributed by atoms with E-state index in [1.807, 2.05) is 6.07 Å². The fourth-order valence-electron chi connectivity index (χ4n) is 2.03. The van der Waals surface area contributed by atoms with Crippen LogP contribution in [-0.2, 0) is 17.3 Å². The third kappa shape index (κ3) is 3.78. The quantitative estimate of drug-likeness (QED) is 0.843. The summed E-state index contributed by atoms with van der Waals surface area (Å²) in [6, 6.07) is 5.66. The van der Waals surface area contributed by atoms with Crippen LogP contribution >= 0.6 is 0 Å². The molecule has 0 unspecified atom stereocenters. The molecule has 0 bridgehead atoms. The molecular weight excluding hydrogens is 236 g/mol. The van der Waals surface area contributed by atoms with E-state index in [0.29, 0.717) is 12.6 Å². The Morgan fingerprint density at radius 2 is 2.12 bits per heavy atom. The van der Waals surface area contributed by atoms with Gasteiger partial charge in [0.05, 0.1) is 0 Å². The van der Waals surface area contributed by atoms with Crippen LogP contribution in [-0.4, -0.2) is 32.9 Å². The van der Waals surface area contributed by atoms with Crippen molar-refractivity contribution in [1.29, 1.82) is 0 Å². The third-order valence-electron chi connectivity index (χ3n) is 3.07. The van der Waals surface area contributed by atoms with Gasteiger partial charge in [0.1, 0.15) is 0 Å². The van der Waals surface area contributed by atoms with Crippen molar-refractivity contribution >= 4 is 10.8 Å². The van der Waals surface area contributed by atoms with Crippen molar-refractivity contribution in [3.05, 3.63) is 34.7 Å². The van der Waals surface area contributed by atoms with Crippen LogP contribution in [0.4, 0.5) is 0 Å². The van der Waals surface area contributed by atoms with Crippen LogP contribution in [0.2, 0.25) is 0 Å². The second-order valence-corrected chi connectivity index (χ2v) is 6.00. The number of aromatic nitrogens is 1. The molecule has 1 aromatic rings. The minimum atomic E-state index is -0.601. The summed E-state index contributed by atoms with van der Waals surface area (Å²) in [5, 5.41) is 3.42. The Kier molecular flexibility index (Phi) is 4.50. The standard InChI is InChI=1S/C12H18N2O2S/c15-12-3-1-2-7-14(12)8-6-13-11-4-9-17(16)10-5-11/h1-3,7,11,13H,4-6,8-10H2. The number of rotatable bonds is 4. The Morgan fingerprint density at radius 3 is 2.82 bits per heavy atom. The van der Waals surface area contributed by atoms with Gasteiger partial charge in [0.25, 0.3) is 5.56 Å². The highest BCUT2D eigenvalue weighted by Crippen LogP contribution is 2.08. The van der Waals surface area contributed by atoms with Gasteiger partial charge in [-0.05, 0) is 18.9 Å². The summed E-state index contributed by atoms with van der Waals surface area (Å²) in [5.74, 6) is 1.62. The lowest BCUT2D eigenvalue weighted by Crippen LogP contribution is -2.38. The van der Waals surface area contributed by atoms with Gasteiger partial charge in [-0.15, -0.1) is 0 Å². The zero-order valence-corrected chi connectivity index (χ0v) is 10.6. The number of nitrogens with one attached hydrogen (secondary N) is 1. The number of nitrogens with zero attached hydrogens (tertiary/aromatic N) is 1. The molecule has 1 aromatic heterocycles. The molecule has 5 heteroatoms. The van der Waals surface area contributed by atoms with Crippen LogP contribution in [0.25, 0.3) is 0 Å². The minimum Gasteiger partial charge on any atom is -0.314 e. The molecule has 0 amide bonds. The van der Waals surface area contributed by atoms with Crippen molar-refractivity contribution in [2.24, 2.45) is 0 Å². The van der Waals surface area contributed by atoms with E-state index < -0.39 is 10.8 Å². The van der Waals surface area contributed by atoms with Gasteiger partial charge in [-0.3, -0.25) is 9.00 Å². The van der Waals surface area contributed by atoms with Crippen molar-refractivity contribution in [3.8, 4) is 0 Å². The molecule has 0 radical (unpaired) electrons. The normalized spacial score (nSPS) is 24.7. The maximum Gasteiger partial charge on any atom is 0.250 e. The summed E-state index contributed by atoms with van der Waals surface area (Å²) in [6.07, 6.45) is 3.77. The third-order valence-corrected chi connectivity index (χ3v) is 4.45. The maximum absolute atomic E-state index is 11.4. The Labute approximate surface area is 103 Å². The van der Waals surface area contributed by atoms with Gasteiger partial charge < -0.3 is 9.88 Å². The molecular formula is C12H18N2O2S. The Balaban J connectivity index is 1.75. The van der Waals surface area contributed by atoms with Gasteiger partial charge in [0.15, 0.2) is 0 Å². The van der Waals surface area contributed by atoms with E-state index in [0.717, 1.165) is 30.9 Å². The van der Waals surface area contributed by atoms with Crippen molar-refractivity contribution in [2.75, 3.05) is 18.1 Å². The van der Waals surface area contributed by atoms with Crippen molar-refractivity contribution in [3.63, 3.8) is 0 Å². The summed E-state index contributed by atoms with van der Waals surface area (Å²) < 4.78 is 12.9. The topological polar surface area (TPSA) is 51.1 Å². The molecule has 0 aromatic carbocycles. The molecule has 1 fully saturated rings. The lowest BCUT2D eigenvalue weighted by molar-refractivity contribution is 0.456. The van der Waals surface area contributed by atoms with Gasteiger partial charge in [-0.1, -0.05) is 6.07 Å². The van der Waals surface area contributed by atoms with Crippen LogP contribution < -0.4 is 10.9 Å². The smallest absolute Gasteiger partial charge is 0.250 e. The van der Waals surface area contributed by atoms with Crippen LogP contribution in [0.15, 0.2) is 29.2 Å². The Bertz CT molecular complexity index is 434. The summed E-state index contributed by atoms with van der Waals surface area (Å²) in [7, 11) is -0.601. The second kappa shape index (κ2) is 6.12. The lowest BCUT2D eigenvalue weighted by Gasteiger charge is -2.22. The molecule has 2 heterocycles. The molecule has 17 heavy (non-hydrogen) atoms. The van der Waals surface area contributed by atoms with Crippen LogP contribution in [0.3, 0.4) is 0 Å². The fraction of sp³-hybridized carbons (Fsp3) is 0.583. The molecule has 2 rings (SSSR count). The highest BCUT2D eigenvalue weighted by Gasteiger charge is 2.16. The molecule has 0 saturated carbocycles. The molecule has 1 saturated heterocycles. The average Bonchev–Trinajstić information content (AvgIpc) is 2.34. The van der Waals surface area contributed by atoms with Gasteiger partial charge >= 0.3 is 0 Å². The van der Waals surface area contributed by atoms with E-state index >= 15 is 0 Å². The first-order valence-corrected chi connectivity index (χ1v) is 7.48. The number of hydrogen-bond donors (Lipinski definition) is 1. The van der Waals surface area contributed by atoms with E-state index in [-0.39, 0.29) is 5.56 Å². The van der Waals surface area contributed by atoms with Gasteiger partial charge in [0, 0.05) is 53.7 Å². The van der Waals surface area contributed by atoms with E-state index in [2.05, 4.69) is 5.32 Å². The molecule has 94 valence electrons. The van der Waals surface area contributed by atoms with Crippen molar-refractivity contribution in [1.82, 2.24) is 9.88 Å². The summed E-state index contributed by atoms with van der Waals surface area (Å²) in [4.78, 5) is 11.4. The first-order valence-electron chi connectivity index (χ1n) is 5.99. The van der Waals surface area contributed by atoms with Crippen molar-refractivity contribution < 1.29 is 4.21 Å². The summed E-state index contributed by atoms with van der Waals surface area (Å²) in [6.45, 7) is 1.49. The van der Waals surface area contributed by atoms with E-state index in [9.17, 15) is 9.00 Å². The lowest BCUT2D eigenvalue weighted by atomic mass is 10.1. The molecule has 0 aliphatic carbocycles. The zero-order valence-electron chi connectivity index (χ0n) is 9.80. The highest BCUT2D eigenvalue weighted by molar-refractivity contribution is 7.85. The van der Waals surface area contributed by atoms with Crippen LogP contribution in [0, 0.1) is 0 Å². The average molecular weight is 254 g/mol. The Morgan fingerprint density at radius 1 is 1.35 bits per heavy atom. The first kappa shape index (κ1) is 12.5. The molecule has 4 nitrogen and oxygen atoms in total. The summed E-state index contributed by atoms with van der Waals surface area (Å²) in [5.41, 5.74) is 0.0408. The monoisotopic (exact) mass is 254 g/mol. The minimum absolute atomic E-state index is 0.0408. The molecule has 0 spiro atoms. The van der Waals surface area contributed by atoms with Gasteiger partial charge in [-0.2, -0.15) is 0 Å².